The zero-order valence-electron chi connectivity index (χ0n) is 19.5. The van der Waals surface area contributed by atoms with Crippen molar-refractivity contribution in [2.24, 2.45) is 0 Å². The Morgan fingerprint density at radius 3 is 2.44 bits per heavy atom. The minimum Gasteiger partial charge on any atom is -0.361 e. The van der Waals surface area contributed by atoms with Crippen LogP contribution in [0.4, 0.5) is 0 Å². The molecule has 174 valence electrons. The molecule has 5 rings (SSSR count). The Balaban J connectivity index is 1.12. The summed E-state index contributed by atoms with van der Waals surface area (Å²) in [6.07, 6.45) is 2.33. The molecule has 2 heterocycles. The van der Waals surface area contributed by atoms with E-state index in [0.29, 0.717) is 39.1 Å². The van der Waals surface area contributed by atoms with Crippen LogP contribution >= 0.6 is 0 Å². The maximum atomic E-state index is 12.9. The van der Waals surface area contributed by atoms with Crippen molar-refractivity contribution in [1.82, 2.24) is 20.1 Å². The van der Waals surface area contributed by atoms with Crippen LogP contribution in [0.1, 0.15) is 24.1 Å². The number of carbonyl (C=O) groups is 2. The number of carbonyl (C=O) groups excluding carboxylic acids is 2. The van der Waals surface area contributed by atoms with E-state index < -0.39 is 0 Å². The average Bonchev–Trinajstić information content (AvgIpc) is 3.26. The summed E-state index contributed by atoms with van der Waals surface area (Å²) in [5.41, 5.74) is 3.21. The molecule has 6 heteroatoms. The normalized spacial score (nSPS) is 15.5. The summed E-state index contributed by atoms with van der Waals surface area (Å²) in [6, 6.07) is 22.4. The number of nitrogens with one attached hydrogen (secondary N) is 2. The highest BCUT2D eigenvalue weighted by molar-refractivity contribution is 5.89. The van der Waals surface area contributed by atoms with Gasteiger partial charge in [0.15, 0.2) is 0 Å². The molecule has 1 atom stereocenters. The number of nitrogens with zero attached hydrogens (tertiary/aromatic N) is 2. The van der Waals surface area contributed by atoms with Gasteiger partial charge in [0.25, 0.3) is 0 Å². The van der Waals surface area contributed by atoms with Crippen molar-refractivity contribution < 1.29 is 9.59 Å². The van der Waals surface area contributed by atoms with Gasteiger partial charge in [-0.25, -0.2) is 0 Å². The summed E-state index contributed by atoms with van der Waals surface area (Å²) in [7, 11) is 0. The van der Waals surface area contributed by atoms with Crippen molar-refractivity contribution in [2.75, 3.05) is 32.7 Å². The van der Waals surface area contributed by atoms with Crippen molar-refractivity contribution in [3.63, 3.8) is 0 Å². The van der Waals surface area contributed by atoms with Crippen molar-refractivity contribution in [1.29, 1.82) is 0 Å². The second kappa shape index (κ2) is 9.69. The van der Waals surface area contributed by atoms with Gasteiger partial charge in [0, 0.05) is 43.3 Å². The Hall–Kier alpha value is -3.64. The number of para-hydroxylation sites is 1. The molecule has 0 bridgehead atoms. The number of amides is 2. The largest absolute Gasteiger partial charge is 0.361 e. The lowest BCUT2D eigenvalue weighted by atomic mass is 10.00. The number of aromatic nitrogens is 1. The van der Waals surface area contributed by atoms with Crippen molar-refractivity contribution >= 4 is 33.5 Å². The van der Waals surface area contributed by atoms with E-state index in [2.05, 4.69) is 39.5 Å². The number of hydrogen-bond donors (Lipinski definition) is 2. The number of rotatable bonds is 6. The smallest absolute Gasteiger partial charge is 0.234 e. The maximum absolute atomic E-state index is 12.9. The topological polar surface area (TPSA) is 68.4 Å². The lowest BCUT2D eigenvalue weighted by Crippen LogP contribution is -2.51. The van der Waals surface area contributed by atoms with E-state index in [-0.39, 0.29) is 17.9 Å². The maximum Gasteiger partial charge on any atom is 0.234 e. The fourth-order valence-corrected chi connectivity index (χ4v) is 4.90. The van der Waals surface area contributed by atoms with Gasteiger partial charge in [-0.1, -0.05) is 60.7 Å². The molecule has 1 aliphatic rings. The fourth-order valence-electron chi connectivity index (χ4n) is 4.90. The number of benzene rings is 3. The summed E-state index contributed by atoms with van der Waals surface area (Å²) < 4.78 is 0. The molecule has 34 heavy (non-hydrogen) atoms. The predicted molar refractivity (Wildman–Crippen MR) is 136 cm³/mol. The highest BCUT2D eigenvalue weighted by Gasteiger charge is 2.23. The molecule has 2 amide bonds. The van der Waals surface area contributed by atoms with E-state index in [1.807, 2.05) is 60.5 Å². The molecule has 1 aromatic heterocycles. The first kappa shape index (κ1) is 22.2. The van der Waals surface area contributed by atoms with Crippen LogP contribution in [-0.2, 0) is 16.0 Å². The zero-order valence-corrected chi connectivity index (χ0v) is 19.5. The van der Waals surface area contributed by atoms with Crippen LogP contribution in [0.15, 0.2) is 72.9 Å². The van der Waals surface area contributed by atoms with E-state index >= 15 is 0 Å². The third-order valence-electron chi connectivity index (χ3n) is 6.78. The molecule has 2 N–H and O–H groups in total. The van der Waals surface area contributed by atoms with Gasteiger partial charge in [0.2, 0.25) is 11.8 Å². The van der Waals surface area contributed by atoms with Crippen LogP contribution in [0, 0.1) is 0 Å². The summed E-state index contributed by atoms with van der Waals surface area (Å²) in [5, 5.41) is 6.60. The van der Waals surface area contributed by atoms with E-state index in [1.165, 1.54) is 10.8 Å². The Kier molecular flexibility index (Phi) is 6.32. The number of hydrogen-bond acceptors (Lipinski definition) is 3. The standard InChI is InChI=1S/C28H30N4O2/c1-20(23-11-6-8-21-7-2-3-9-24(21)23)30-27(33)19-31-13-15-32(16-14-31)28(34)17-22-18-29-26-12-5-4-10-25(22)26/h2-12,18,20,29H,13-17,19H2,1H3,(H,30,33). The van der Waals surface area contributed by atoms with E-state index in [1.54, 1.807) is 0 Å². The van der Waals surface area contributed by atoms with Crippen molar-refractivity contribution in [3.05, 3.63) is 84.1 Å². The van der Waals surface area contributed by atoms with Crippen LogP contribution in [0.5, 0.6) is 0 Å². The van der Waals surface area contributed by atoms with E-state index in [9.17, 15) is 9.59 Å². The first-order chi connectivity index (χ1) is 16.6. The van der Waals surface area contributed by atoms with Crippen LogP contribution in [0.3, 0.4) is 0 Å². The third kappa shape index (κ3) is 4.68. The molecule has 0 spiro atoms. The molecule has 3 aromatic carbocycles. The summed E-state index contributed by atoms with van der Waals surface area (Å²) in [6.45, 7) is 5.08. The molecule has 4 aromatic rings. The van der Waals surface area contributed by atoms with Crippen LogP contribution in [0.25, 0.3) is 21.7 Å². The van der Waals surface area contributed by atoms with Crippen LogP contribution in [0.2, 0.25) is 0 Å². The molecule has 0 radical (unpaired) electrons. The van der Waals surface area contributed by atoms with Gasteiger partial charge in [-0.05, 0) is 34.9 Å². The number of piperazine rings is 1. The van der Waals surface area contributed by atoms with E-state index in [0.717, 1.165) is 22.0 Å². The summed E-state index contributed by atoms with van der Waals surface area (Å²) in [5.74, 6) is 0.150. The Morgan fingerprint density at radius 1 is 0.912 bits per heavy atom. The lowest BCUT2D eigenvalue weighted by molar-refractivity contribution is -0.132. The SMILES string of the molecule is CC(NC(=O)CN1CCN(C(=O)Cc2c[nH]c3ccccc23)CC1)c1cccc2ccccc12. The molecule has 1 unspecified atom stereocenters. The molecule has 1 fully saturated rings. The van der Waals surface area contributed by atoms with Gasteiger partial charge in [-0.2, -0.15) is 0 Å². The minimum absolute atomic E-state index is 0.0130. The van der Waals surface area contributed by atoms with Crippen molar-refractivity contribution in [2.45, 2.75) is 19.4 Å². The number of aromatic amines is 1. The van der Waals surface area contributed by atoms with Gasteiger partial charge in [-0.15, -0.1) is 0 Å². The quantitative estimate of drug-likeness (QED) is 0.465. The zero-order chi connectivity index (χ0) is 23.5. The van der Waals surface area contributed by atoms with Crippen LogP contribution < -0.4 is 5.32 Å². The number of fused-ring (bicyclic) bond motifs is 2. The Morgan fingerprint density at radius 2 is 1.62 bits per heavy atom. The van der Waals surface area contributed by atoms with Gasteiger partial charge in [0.05, 0.1) is 19.0 Å². The van der Waals surface area contributed by atoms with E-state index in [4.69, 9.17) is 0 Å². The minimum atomic E-state index is -0.0716. The Labute approximate surface area is 199 Å². The molecule has 1 saturated heterocycles. The Bertz CT molecular complexity index is 1320. The molecule has 0 aliphatic carbocycles. The predicted octanol–water partition coefficient (Wildman–Crippen LogP) is 3.89. The average molecular weight is 455 g/mol. The fraction of sp³-hybridized carbons (Fsp3) is 0.286. The molecular formula is C28H30N4O2. The van der Waals surface area contributed by atoms with Gasteiger partial charge in [-0.3, -0.25) is 14.5 Å². The molecule has 0 saturated carbocycles. The monoisotopic (exact) mass is 454 g/mol. The summed E-state index contributed by atoms with van der Waals surface area (Å²) >= 11 is 0. The van der Waals surface area contributed by atoms with Crippen molar-refractivity contribution in [3.8, 4) is 0 Å². The van der Waals surface area contributed by atoms with Crippen LogP contribution in [-0.4, -0.2) is 59.3 Å². The van der Waals surface area contributed by atoms with Gasteiger partial charge < -0.3 is 15.2 Å². The number of H-pyrrole nitrogens is 1. The molecule has 1 aliphatic heterocycles. The van der Waals surface area contributed by atoms with Gasteiger partial charge >= 0.3 is 0 Å². The second-order valence-corrected chi connectivity index (χ2v) is 9.05. The lowest BCUT2D eigenvalue weighted by Gasteiger charge is -2.34. The third-order valence-corrected chi connectivity index (χ3v) is 6.78. The molecular weight excluding hydrogens is 424 g/mol. The summed E-state index contributed by atoms with van der Waals surface area (Å²) in [4.78, 5) is 32.9. The second-order valence-electron chi connectivity index (χ2n) is 9.05. The first-order valence-corrected chi connectivity index (χ1v) is 11.9. The van der Waals surface area contributed by atoms with Gasteiger partial charge in [0.1, 0.15) is 0 Å². The highest BCUT2D eigenvalue weighted by atomic mass is 16.2. The molecule has 6 nitrogen and oxygen atoms in total. The first-order valence-electron chi connectivity index (χ1n) is 11.9. The highest BCUT2D eigenvalue weighted by Crippen LogP contribution is 2.24.